The molecule has 0 aliphatic heterocycles. The Morgan fingerprint density at radius 1 is 1.40 bits per heavy atom. The maximum absolute atomic E-state index is 10.6. The first-order valence-electron chi connectivity index (χ1n) is 3.72. The molecule has 1 atom stereocenters. The zero-order valence-corrected chi connectivity index (χ0v) is 8.38. The highest BCUT2D eigenvalue weighted by atomic mass is 19.4. The van der Waals surface area contributed by atoms with Gasteiger partial charge in [0.05, 0.1) is 7.11 Å². The van der Waals surface area contributed by atoms with Crippen molar-refractivity contribution in [2.45, 2.75) is 19.1 Å². The van der Waals surface area contributed by atoms with E-state index in [9.17, 15) is 18.0 Å². The molecular weight excluding hydrogens is 219 g/mol. The average Bonchev–Trinajstić information content (AvgIpc) is 2.14. The largest absolute Gasteiger partial charge is 0.490 e. The summed E-state index contributed by atoms with van der Waals surface area (Å²) >= 11 is 0. The highest BCUT2D eigenvalue weighted by Crippen LogP contribution is 2.13. The van der Waals surface area contributed by atoms with Crippen molar-refractivity contribution in [2.75, 3.05) is 14.2 Å². The van der Waals surface area contributed by atoms with Gasteiger partial charge in [0.1, 0.15) is 6.04 Å². The molecule has 5 nitrogen and oxygen atoms in total. The summed E-state index contributed by atoms with van der Waals surface area (Å²) in [5.41, 5.74) is 0. The Bertz CT molecular complexity index is 217. The van der Waals surface area contributed by atoms with Crippen LogP contribution in [0.1, 0.15) is 6.92 Å². The first kappa shape index (κ1) is 16.1. The molecule has 0 aliphatic rings. The van der Waals surface area contributed by atoms with Crippen LogP contribution >= 0.6 is 0 Å². The van der Waals surface area contributed by atoms with Gasteiger partial charge in [0.15, 0.2) is 0 Å². The van der Waals surface area contributed by atoms with Gasteiger partial charge in [-0.1, -0.05) is 0 Å². The molecule has 15 heavy (non-hydrogen) atoms. The topological polar surface area (TPSA) is 75.6 Å². The summed E-state index contributed by atoms with van der Waals surface area (Å²) in [5.74, 6) is -2.99. The van der Waals surface area contributed by atoms with Crippen LogP contribution in [0, 0.1) is 0 Å². The van der Waals surface area contributed by atoms with Crippen LogP contribution in [-0.4, -0.2) is 43.4 Å². The fourth-order valence-corrected chi connectivity index (χ4v) is 0.295. The van der Waals surface area contributed by atoms with Crippen molar-refractivity contribution < 1.29 is 32.6 Å². The number of ether oxygens (including phenoxy) is 1. The molecule has 0 amide bonds. The lowest BCUT2D eigenvalue weighted by Gasteiger charge is -2.04. The summed E-state index contributed by atoms with van der Waals surface area (Å²) in [5, 5.41) is 9.87. The van der Waals surface area contributed by atoms with Crippen molar-refractivity contribution in [3.8, 4) is 0 Å². The van der Waals surface area contributed by atoms with Gasteiger partial charge in [0, 0.05) is 0 Å². The molecule has 8 heteroatoms. The molecule has 0 aromatic heterocycles. The van der Waals surface area contributed by atoms with Gasteiger partial charge >= 0.3 is 18.1 Å². The van der Waals surface area contributed by atoms with Gasteiger partial charge < -0.3 is 15.2 Å². The number of carbonyl (C=O) groups excluding carboxylic acids is 1. The van der Waals surface area contributed by atoms with Gasteiger partial charge in [-0.25, -0.2) is 4.79 Å². The predicted octanol–water partition coefficient (Wildman–Crippen LogP) is 0.401. The minimum atomic E-state index is -5.08. The second-order valence-electron chi connectivity index (χ2n) is 2.34. The number of aliphatic carboxylic acids is 1. The number of hydrogen-bond acceptors (Lipinski definition) is 4. The Morgan fingerprint density at radius 3 is 1.80 bits per heavy atom. The van der Waals surface area contributed by atoms with Crippen LogP contribution in [0.2, 0.25) is 0 Å². The first-order valence-corrected chi connectivity index (χ1v) is 3.72. The van der Waals surface area contributed by atoms with Crippen LogP contribution in [0.5, 0.6) is 0 Å². The minimum Gasteiger partial charge on any atom is -0.475 e. The van der Waals surface area contributed by atoms with E-state index in [1.165, 1.54) is 7.11 Å². The molecule has 0 radical (unpaired) electrons. The van der Waals surface area contributed by atoms with Gasteiger partial charge in [0.25, 0.3) is 0 Å². The number of carboxylic acids is 1. The number of hydrogen-bond donors (Lipinski definition) is 2. The maximum Gasteiger partial charge on any atom is 0.490 e. The van der Waals surface area contributed by atoms with Gasteiger partial charge in [-0.05, 0) is 14.0 Å². The molecule has 0 spiro atoms. The van der Waals surface area contributed by atoms with E-state index in [-0.39, 0.29) is 12.0 Å². The Kier molecular flexibility index (Phi) is 7.58. The summed E-state index contributed by atoms with van der Waals surface area (Å²) in [6.45, 7) is 1.74. The van der Waals surface area contributed by atoms with Crippen LogP contribution < -0.4 is 5.32 Å². The lowest BCUT2D eigenvalue weighted by atomic mass is 10.4. The Hall–Kier alpha value is -1.31. The van der Waals surface area contributed by atoms with Gasteiger partial charge in [-0.3, -0.25) is 4.79 Å². The molecule has 0 aromatic rings. The molecule has 0 saturated heterocycles. The number of nitrogens with one attached hydrogen (secondary N) is 1. The number of likely N-dealkylation sites (N-methyl/N-ethyl adjacent to an activating group) is 1. The molecule has 0 fully saturated rings. The van der Waals surface area contributed by atoms with Crippen LogP contribution in [0.4, 0.5) is 13.2 Å². The van der Waals surface area contributed by atoms with Gasteiger partial charge in [-0.2, -0.15) is 13.2 Å². The highest BCUT2D eigenvalue weighted by molar-refractivity contribution is 5.74. The number of esters is 1. The van der Waals surface area contributed by atoms with E-state index < -0.39 is 12.1 Å². The normalized spacial score (nSPS) is 12.1. The molecule has 2 N–H and O–H groups in total. The number of methoxy groups -OCH3 is 1. The zero-order chi connectivity index (χ0) is 12.6. The second kappa shape index (κ2) is 7.04. The first-order chi connectivity index (χ1) is 6.66. The molecule has 90 valence electrons. The Labute approximate surface area is 84.2 Å². The molecule has 0 aromatic carbocycles. The van der Waals surface area contributed by atoms with E-state index in [4.69, 9.17) is 9.90 Å². The van der Waals surface area contributed by atoms with E-state index in [1.54, 1.807) is 14.0 Å². The standard InChI is InChI=1S/C5H11NO2.C2HF3O2/c1-4(6-2)5(7)8-3;3-2(4,5)1(6)7/h4,6H,1-3H3;(H,6,7). The summed E-state index contributed by atoms with van der Waals surface area (Å²) < 4.78 is 36.1. The molecule has 0 bridgehead atoms. The quantitative estimate of drug-likeness (QED) is 0.673. The molecule has 0 aliphatic carbocycles. The maximum atomic E-state index is 10.6. The average molecular weight is 231 g/mol. The van der Waals surface area contributed by atoms with E-state index in [2.05, 4.69) is 10.1 Å². The third kappa shape index (κ3) is 9.01. The van der Waals surface area contributed by atoms with Crippen LogP contribution in [0.15, 0.2) is 0 Å². The van der Waals surface area contributed by atoms with Crippen molar-refractivity contribution in [3.63, 3.8) is 0 Å². The molecular formula is C7H12F3NO4. The van der Waals surface area contributed by atoms with Crippen molar-refractivity contribution in [1.29, 1.82) is 0 Å². The zero-order valence-electron chi connectivity index (χ0n) is 8.38. The number of rotatable bonds is 2. The van der Waals surface area contributed by atoms with Gasteiger partial charge in [-0.15, -0.1) is 0 Å². The number of carbonyl (C=O) groups is 2. The SMILES string of the molecule is CNC(C)C(=O)OC.O=C(O)C(F)(F)F. The van der Waals surface area contributed by atoms with E-state index in [0.717, 1.165) is 0 Å². The Morgan fingerprint density at radius 2 is 1.73 bits per heavy atom. The third-order valence-electron chi connectivity index (χ3n) is 1.23. The highest BCUT2D eigenvalue weighted by Gasteiger charge is 2.38. The summed E-state index contributed by atoms with van der Waals surface area (Å²) in [4.78, 5) is 19.4. The predicted molar refractivity (Wildman–Crippen MR) is 44.2 cm³/mol. The monoisotopic (exact) mass is 231 g/mol. The molecule has 0 heterocycles. The van der Waals surface area contributed by atoms with E-state index >= 15 is 0 Å². The van der Waals surface area contributed by atoms with E-state index in [1.807, 2.05) is 0 Å². The number of carboxylic acid groups (broad SMARTS) is 1. The number of halogens is 3. The Balaban J connectivity index is 0. The number of alkyl halides is 3. The van der Waals surface area contributed by atoms with Crippen LogP contribution in [-0.2, 0) is 14.3 Å². The van der Waals surface area contributed by atoms with Crippen molar-refractivity contribution >= 4 is 11.9 Å². The van der Waals surface area contributed by atoms with Crippen LogP contribution in [0.3, 0.4) is 0 Å². The van der Waals surface area contributed by atoms with E-state index in [0.29, 0.717) is 0 Å². The minimum absolute atomic E-state index is 0.194. The third-order valence-corrected chi connectivity index (χ3v) is 1.23. The van der Waals surface area contributed by atoms with Crippen molar-refractivity contribution in [1.82, 2.24) is 5.32 Å². The molecule has 0 rings (SSSR count). The molecule has 1 unspecified atom stereocenters. The van der Waals surface area contributed by atoms with Crippen molar-refractivity contribution in [2.24, 2.45) is 0 Å². The lowest BCUT2D eigenvalue weighted by molar-refractivity contribution is -0.192. The second-order valence-corrected chi connectivity index (χ2v) is 2.34. The lowest BCUT2D eigenvalue weighted by Crippen LogP contribution is -2.31. The molecule has 0 saturated carbocycles. The fraction of sp³-hybridized carbons (Fsp3) is 0.714. The summed E-state index contributed by atoms with van der Waals surface area (Å²) in [6.07, 6.45) is -5.08. The van der Waals surface area contributed by atoms with Crippen LogP contribution in [0.25, 0.3) is 0 Å². The fourth-order valence-electron chi connectivity index (χ4n) is 0.295. The van der Waals surface area contributed by atoms with Crippen molar-refractivity contribution in [3.05, 3.63) is 0 Å². The smallest absolute Gasteiger partial charge is 0.475 e. The summed E-state index contributed by atoms with van der Waals surface area (Å²) in [7, 11) is 3.08. The van der Waals surface area contributed by atoms with Gasteiger partial charge in [0.2, 0.25) is 0 Å². The summed E-state index contributed by atoms with van der Waals surface area (Å²) in [6, 6.07) is -0.194.